The van der Waals surface area contributed by atoms with Gasteiger partial charge in [-0.2, -0.15) is 0 Å². The fraction of sp³-hybridized carbons (Fsp3) is 0.286. The molecule has 3 rings (SSSR count). The van der Waals surface area contributed by atoms with E-state index in [2.05, 4.69) is 15.5 Å². The Morgan fingerprint density at radius 2 is 1.70 bits per heavy atom. The average Bonchev–Trinajstić information content (AvgIpc) is 3.20. The Morgan fingerprint density at radius 1 is 1.00 bits per heavy atom. The van der Waals surface area contributed by atoms with E-state index in [0.29, 0.717) is 17.3 Å². The molecule has 0 atom stereocenters. The fourth-order valence-corrected chi connectivity index (χ4v) is 3.49. The van der Waals surface area contributed by atoms with Gasteiger partial charge >= 0.3 is 0 Å². The lowest BCUT2D eigenvalue weighted by atomic mass is 10.1. The van der Waals surface area contributed by atoms with Crippen LogP contribution in [0.2, 0.25) is 0 Å². The van der Waals surface area contributed by atoms with Crippen LogP contribution in [0.25, 0.3) is 5.69 Å². The van der Waals surface area contributed by atoms with Gasteiger partial charge in [0.05, 0.1) is 34.3 Å². The second-order valence-electron chi connectivity index (χ2n) is 6.27. The summed E-state index contributed by atoms with van der Waals surface area (Å²) in [4.78, 5) is 12.6. The molecule has 0 aliphatic heterocycles. The van der Waals surface area contributed by atoms with E-state index in [9.17, 15) is 4.79 Å². The molecule has 0 bridgehead atoms. The van der Waals surface area contributed by atoms with Gasteiger partial charge in [0, 0.05) is 11.3 Å². The summed E-state index contributed by atoms with van der Waals surface area (Å²) in [5, 5.41) is 12.1. The number of hydrogen-bond donors (Lipinski definition) is 1. The van der Waals surface area contributed by atoms with Crippen molar-refractivity contribution in [2.24, 2.45) is 0 Å². The van der Waals surface area contributed by atoms with E-state index in [-0.39, 0.29) is 18.9 Å². The Bertz CT molecular complexity index is 1000. The molecule has 1 N–H and O–H groups in total. The van der Waals surface area contributed by atoms with Crippen LogP contribution in [0.5, 0.6) is 17.2 Å². The molecule has 0 fully saturated rings. The Hall–Kier alpha value is -3.20. The lowest BCUT2D eigenvalue weighted by molar-refractivity contribution is -0.120. The van der Waals surface area contributed by atoms with Crippen LogP contribution in [-0.4, -0.2) is 48.3 Å². The number of nitrogens with zero attached hydrogens (tertiary/aromatic N) is 3. The minimum atomic E-state index is -0.156. The number of benzene rings is 2. The Labute approximate surface area is 179 Å². The van der Waals surface area contributed by atoms with E-state index in [1.54, 1.807) is 39.5 Å². The van der Waals surface area contributed by atoms with Gasteiger partial charge in [-0.15, -0.1) is 10.2 Å². The predicted molar refractivity (Wildman–Crippen MR) is 115 cm³/mol. The quantitative estimate of drug-likeness (QED) is 0.524. The Balaban J connectivity index is 1.74. The highest BCUT2D eigenvalue weighted by Crippen LogP contribution is 2.25. The van der Waals surface area contributed by atoms with Crippen molar-refractivity contribution in [3.05, 3.63) is 53.9 Å². The van der Waals surface area contributed by atoms with Gasteiger partial charge in [-0.1, -0.05) is 11.8 Å². The highest BCUT2D eigenvalue weighted by Gasteiger charge is 2.16. The van der Waals surface area contributed by atoms with Gasteiger partial charge < -0.3 is 19.5 Å². The highest BCUT2D eigenvalue weighted by atomic mass is 32.2. The van der Waals surface area contributed by atoms with Gasteiger partial charge in [0.15, 0.2) is 11.0 Å². The van der Waals surface area contributed by atoms with Crippen LogP contribution in [0.15, 0.2) is 47.6 Å². The highest BCUT2D eigenvalue weighted by molar-refractivity contribution is 7.98. The summed E-state index contributed by atoms with van der Waals surface area (Å²) in [6.45, 7) is 0.241. The van der Waals surface area contributed by atoms with Crippen molar-refractivity contribution < 1.29 is 19.0 Å². The summed E-state index contributed by atoms with van der Waals surface area (Å²) in [6, 6.07) is 13.0. The number of amides is 1. The summed E-state index contributed by atoms with van der Waals surface area (Å²) >= 11 is 1.48. The SMILES string of the molecule is COc1ccc(-n2c(CNC(=O)Cc3cc(OC)ccc3OC)nnc2SC)cc1. The van der Waals surface area contributed by atoms with E-state index in [0.717, 1.165) is 22.2 Å². The monoisotopic (exact) mass is 428 g/mol. The molecule has 3 aromatic rings. The molecule has 9 heteroatoms. The molecule has 0 saturated carbocycles. The number of thioether (sulfide) groups is 1. The van der Waals surface area contributed by atoms with Gasteiger partial charge in [-0.25, -0.2) is 0 Å². The van der Waals surface area contributed by atoms with Crippen LogP contribution < -0.4 is 19.5 Å². The number of nitrogens with one attached hydrogen (secondary N) is 1. The number of carbonyl (C=O) groups excluding carboxylic acids is 1. The first-order valence-corrected chi connectivity index (χ1v) is 10.4. The minimum Gasteiger partial charge on any atom is -0.497 e. The first kappa shape index (κ1) is 21.5. The van der Waals surface area contributed by atoms with Gasteiger partial charge in [-0.05, 0) is 48.7 Å². The van der Waals surface area contributed by atoms with E-state index < -0.39 is 0 Å². The van der Waals surface area contributed by atoms with E-state index in [4.69, 9.17) is 14.2 Å². The second kappa shape index (κ2) is 10.0. The average molecular weight is 429 g/mol. The number of aromatic nitrogens is 3. The molecule has 1 heterocycles. The maximum absolute atomic E-state index is 12.6. The molecular weight excluding hydrogens is 404 g/mol. The molecular formula is C21H24N4O4S. The van der Waals surface area contributed by atoms with Crippen molar-refractivity contribution in [1.29, 1.82) is 0 Å². The van der Waals surface area contributed by atoms with E-state index in [1.807, 2.05) is 35.1 Å². The predicted octanol–water partition coefficient (Wildman–Crippen LogP) is 2.87. The number of hydrogen-bond acceptors (Lipinski definition) is 7. The third-order valence-corrected chi connectivity index (χ3v) is 5.13. The first-order chi connectivity index (χ1) is 14.6. The van der Waals surface area contributed by atoms with Crippen molar-refractivity contribution in [2.75, 3.05) is 27.6 Å². The minimum absolute atomic E-state index is 0.156. The van der Waals surface area contributed by atoms with E-state index >= 15 is 0 Å². The Kier molecular flexibility index (Phi) is 7.18. The Morgan fingerprint density at radius 3 is 2.33 bits per heavy atom. The lowest BCUT2D eigenvalue weighted by Crippen LogP contribution is -2.26. The normalized spacial score (nSPS) is 10.5. The van der Waals surface area contributed by atoms with Crippen molar-refractivity contribution >= 4 is 17.7 Å². The van der Waals surface area contributed by atoms with Gasteiger partial charge in [0.2, 0.25) is 5.91 Å². The molecule has 0 spiro atoms. The zero-order valence-electron chi connectivity index (χ0n) is 17.3. The zero-order chi connectivity index (χ0) is 21.5. The van der Waals surface area contributed by atoms with Gasteiger partial charge in [-0.3, -0.25) is 9.36 Å². The number of ether oxygens (including phenoxy) is 3. The maximum Gasteiger partial charge on any atom is 0.224 e. The van der Waals surface area contributed by atoms with Gasteiger partial charge in [0.25, 0.3) is 0 Å². The molecule has 0 radical (unpaired) electrons. The molecule has 0 aliphatic rings. The number of methoxy groups -OCH3 is 3. The molecule has 30 heavy (non-hydrogen) atoms. The van der Waals surface area contributed by atoms with Crippen molar-refractivity contribution in [3.63, 3.8) is 0 Å². The zero-order valence-corrected chi connectivity index (χ0v) is 18.2. The largest absolute Gasteiger partial charge is 0.497 e. The number of carbonyl (C=O) groups is 1. The molecule has 1 aromatic heterocycles. The summed E-state index contributed by atoms with van der Waals surface area (Å²) in [6.07, 6.45) is 2.09. The molecule has 158 valence electrons. The second-order valence-corrected chi connectivity index (χ2v) is 7.04. The van der Waals surface area contributed by atoms with Crippen LogP contribution in [-0.2, 0) is 17.8 Å². The van der Waals surface area contributed by atoms with Crippen LogP contribution in [0, 0.1) is 0 Å². The first-order valence-electron chi connectivity index (χ1n) is 9.20. The van der Waals surface area contributed by atoms with Crippen molar-refractivity contribution in [2.45, 2.75) is 18.1 Å². The van der Waals surface area contributed by atoms with Crippen molar-refractivity contribution in [1.82, 2.24) is 20.1 Å². The van der Waals surface area contributed by atoms with Crippen molar-refractivity contribution in [3.8, 4) is 22.9 Å². The summed E-state index contributed by atoms with van der Waals surface area (Å²) < 4.78 is 17.7. The van der Waals surface area contributed by atoms with Crippen LogP contribution in [0.1, 0.15) is 11.4 Å². The smallest absolute Gasteiger partial charge is 0.224 e. The third-order valence-electron chi connectivity index (χ3n) is 4.50. The molecule has 1 amide bonds. The molecule has 0 unspecified atom stereocenters. The summed E-state index contributed by atoms with van der Waals surface area (Å²) in [7, 11) is 4.78. The maximum atomic E-state index is 12.6. The standard InChI is InChI=1S/C21H24N4O4S/c1-27-16-7-5-15(6-8-16)25-19(23-24-21(25)30-4)13-22-20(26)12-14-11-17(28-2)9-10-18(14)29-3/h5-11H,12-13H2,1-4H3,(H,22,26). The fourth-order valence-electron chi connectivity index (χ4n) is 2.97. The molecule has 0 aliphatic carbocycles. The van der Waals surface area contributed by atoms with Gasteiger partial charge in [0.1, 0.15) is 17.2 Å². The van der Waals surface area contributed by atoms with Crippen LogP contribution >= 0.6 is 11.8 Å². The van der Waals surface area contributed by atoms with E-state index in [1.165, 1.54) is 11.8 Å². The summed E-state index contributed by atoms with van der Waals surface area (Å²) in [5.74, 6) is 2.55. The summed E-state index contributed by atoms with van der Waals surface area (Å²) in [5.41, 5.74) is 1.64. The topological polar surface area (TPSA) is 87.5 Å². The van der Waals surface area contributed by atoms with Crippen LogP contribution in [0.4, 0.5) is 0 Å². The molecule has 2 aromatic carbocycles. The third kappa shape index (κ3) is 4.85. The molecule has 8 nitrogen and oxygen atoms in total. The molecule has 0 saturated heterocycles. The number of rotatable bonds is 9. The van der Waals surface area contributed by atoms with Crippen LogP contribution in [0.3, 0.4) is 0 Å². The lowest BCUT2D eigenvalue weighted by Gasteiger charge is -2.12.